The highest BCUT2D eigenvalue weighted by atomic mass is 79.9. The number of carbonyl (C=O) groups excluding carboxylic acids is 2. The van der Waals surface area contributed by atoms with Crippen molar-refractivity contribution in [2.75, 3.05) is 0 Å². The molecule has 6 heteroatoms. The molecule has 0 spiro atoms. The van der Waals surface area contributed by atoms with Crippen LogP contribution in [0, 0.1) is 5.92 Å². The van der Waals surface area contributed by atoms with Gasteiger partial charge in [0.2, 0.25) is 11.8 Å². The van der Waals surface area contributed by atoms with Crippen LogP contribution in [-0.4, -0.2) is 28.8 Å². The van der Waals surface area contributed by atoms with Crippen LogP contribution in [0.15, 0.2) is 15.9 Å². The first-order valence-electron chi connectivity index (χ1n) is 7.31. The van der Waals surface area contributed by atoms with Crippen molar-refractivity contribution in [3.05, 3.63) is 20.8 Å². The van der Waals surface area contributed by atoms with E-state index in [1.807, 2.05) is 32.2 Å². The van der Waals surface area contributed by atoms with Gasteiger partial charge in [0.05, 0.1) is 6.54 Å². The Morgan fingerprint density at radius 1 is 1.43 bits per heavy atom. The van der Waals surface area contributed by atoms with Gasteiger partial charge in [-0.3, -0.25) is 9.59 Å². The third-order valence-electron chi connectivity index (χ3n) is 4.07. The van der Waals surface area contributed by atoms with Crippen LogP contribution in [0.4, 0.5) is 0 Å². The van der Waals surface area contributed by atoms with Gasteiger partial charge in [-0.15, -0.1) is 11.3 Å². The van der Waals surface area contributed by atoms with Crippen LogP contribution in [0.1, 0.15) is 38.5 Å². The highest BCUT2D eigenvalue weighted by Crippen LogP contribution is 2.25. The highest BCUT2D eigenvalue weighted by molar-refractivity contribution is 9.10. The van der Waals surface area contributed by atoms with E-state index in [1.165, 1.54) is 0 Å². The lowest BCUT2D eigenvalue weighted by atomic mass is 9.93. The van der Waals surface area contributed by atoms with Gasteiger partial charge in [0, 0.05) is 14.7 Å². The fraction of sp³-hybridized carbons (Fsp3) is 0.600. The summed E-state index contributed by atoms with van der Waals surface area (Å²) in [6.07, 6.45) is 1.50. The minimum absolute atomic E-state index is 0.0296. The van der Waals surface area contributed by atoms with E-state index in [9.17, 15) is 9.59 Å². The fourth-order valence-corrected chi connectivity index (χ4v) is 4.05. The quantitative estimate of drug-likeness (QED) is 0.862. The zero-order chi connectivity index (χ0) is 15.6. The molecule has 21 heavy (non-hydrogen) atoms. The zero-order valence-corrected chi connectivity index (χ0v) is 15.0. The summed E-state index contributed by atoms with van der Waals surface area (Å²) < 4.78 is 1.02. The molecule has 116 valence electrons. The molecule has 0 saturated carbocycles. The summed E-state index contributed by atoms with van der Waals surface area (Å²) in [6.45, 7) is 6.50. The number of nitrogens with zero attached hydrogens (tertiary/aromatic N) is 1. The first-order chi connectivity index (χ1) is 9.97. The zero-order valence-electron chi connectivity index (χ0n) is 12.6. The van der Waals surface area contributed by atoms with E-state index in [0.717, 1.165) is 15.8 Å². The Bertz CT molecular complexity index is 531. The van der Waals surface area contributed by atoms with E-state index in [4.69, 9.17) is 0 Å². The Balaban J connectivity index is 2.24. The maximum atomic E-state index is 12.8. The molecule has 1 fully saturated rings. The van der Waals surface area contributed by atoms with Crippen molar-refractivity contribution in [2.45, 2.75) is 52.2 Å². The summed E-state index contributed by atoms with van der Waals surface area (Å²) in [5.41, 5.74) is 0. The molecule has 2 heterocycles. The summed E-state index contributed by atoms with van der Waals surface area (Å²) in [5.74, 6) is 0.162. The molecular formula is C15H21BrN2O2S. The van der Waals surface area contributed by atoms with E-state index in [-0.39, 0.29) is 23.8 Å². The second-order valence-electron chi connectivity index (χ2n) is 5.49. The average molecular weight is 373 g/mol. The number of nitrogens with one attached hydrogen (secondary N) is 1. The molecule has 4 nitrogen and oxygen atoms in total. The molecule has 0 bridgehead atoms. The standard InChI is InChI=1S/C15H21BrN2O2S/c1-4-9(3)13-15(20)18(12(5-2)14(19)17-13)7-11-6-10(16)8-21-11/h6,8-9,12-13H,4-5,7H2,1-3H3,(H,17,19). The fourth-order valence-electron chi connectivity index (χ4n) is 2.60. The number of hydrogen-bond acceptors (Lipinski definition) is 3. The van der Waals surface area contributed by atoms with Crippen molar-refractivity contribution < 1.29 is 9.59 Å². The average Bonchev–Trinajstić information content (AvgIpc) is 2.87. The summed E-state index contributed by atoms with van der Waals surface area (Å²) in [4.78, 5) is 27.9. The number of rotatable bonds is 5. The lowest BCUT2D eigenvalue weighted by Gasteiger charge is -2.40. The Labute approximate surface area is 138 Å². The lowest BCUT2D eigenvalue weighted by Crippen LogP contribution is -2.64. The third kappa shape index (κ3) is 3.48. The lowest BCUT2D eigenvalue weighted by molar-refractivity contribution is -0.151. The minimum Gasteiger partial charge on any atom is -0.342 e. The molecule has 1 aliphatic rings. The summed E-state index contributed by atoms with van der Waals surface area (Å²) in [7, 11) is 0. The number of hydrogen-bond donors (Lipinski definition) is 1. The molecule has 1 aliphatic heterocycles. The van der Waals surface area contributed by atoms with E-state index >= 15 is 0 Å². The molecule has 0 radical (unpaired) electrons. The normalized spacial score (nSPS) is 24.1. The molecule has 3 unspecified atom stereocenters. The number of carbonyl (C=O) groups is 2. The van der Waals surface area contributed by atoms with Crippen molar-refractivity contribution in [3.63, 3.8) is 0 Å². The second-order valence-corrected chi connectivity index (χ2v) is 7.40. The SMILES string of the molecule is CCC(C)C1NC(=O)C(CC)N(Cc2cc(Br)cs2)C1=O. The summed E-state index contributed by atoms with van der Waals surface area (Å²) in [5, 5.41) is 4.90. The largest absolute Gasteiger partial charge is 0.342 e. The topological polar surface area (TPSA) is 49.4 Å². The van der Waals surface area contributed by atoms with Crippen LogP contribution in [0.2, 0.25) is 0 Å². The Kier molecular flexibility index (Phi) is 5.43. The van der Waals surface area contributed by atoms with E-state index in [1.54, 1.807) is 16.2 Å². The van der Waals surface area contributed by atoms with E-state index < -0.39 is 6.04 Å². The highest BCUT2D eigenvalue weighted by Gasteiger charge is 2.41. The van der Waals surface area contributed by atoms with Crippen LogP contribution in [-0.2, 0) is 16.1 Å². The predicted molar refractivity (Wildman–Crippen MR) is 88.0 cm³/mol. The Morgan fingerprint density at radius 3 is 2.67 bits per heavy atom. The maximum absolute atomic E-state index is 12.8. The van der Waals surface area contributed by atoms with Gasteiger partial charge < -0.3 is 10.2 Å². The van der Waals surface area contributed by atoms with Gasteiger partial charge in [0.25, 0.3) is 0 Å². The minimum atomic E-state index is -0.395. The maximum Gasteiger partial charge on any atom is 0.246 e. The van der Waals surface area contributed by atoms with Crippen LogP contribution < -0.4 is 5.32 Å². The van der Waals surface area contributed by atoms with Crippen molar-refractivity contribution in [2.24, 2.45) is 5.92 Å². The number of amides is 2. The van der Waals surface area contributed by atoms with Crippen molar-refractivity contribution in [3.8, 4) is 0 Å². The van der Waals surface area contributed by atoms with Gasteiger partial charge in [0.1, 0.15) is 12.1 Å². The molecule has 0 aliphatic carbocycles. The first kappa shape index (κ1) is 16.5. The van der Waals surface area contributed by atoms with E-state index in [0.29, 0.717) is 13.0 Å². The van der Waals surface area contributed by atoms with Crippen molar-refractivity contribution in [1.29, 1.82) is 0 Å². The van der Waals surface area contributed by atoms with E-state index in [2.05, 4.69) is 21.2 Å². The molecule has 1 aromatic heterocycles. The number of piperazine rings is 1. The van der Waals surface area contributed by atoms with Gasteiger partial charge in [-0.1, -0.05) is 27.2 Å². The molecule has 1 aromatic rings. The van der Waals surface area contributed by atoms with Crippen molar-refractivity contribution >= 4 is 39.1 Å². The van der Waals surface area contributed by atoms with Gasteiger partial charge in [-0.2, -0.15) is 0 Å². The summed E-state index contributed by atoms with van der Waals surface area (Å²) >= 11 is 5.03. The van der Waals surface area contributed by atoms with Crippen LogP contribution in [0.3, 0.4) is 0 Å². The monoisotopic (exact) mass is 372 g/mol. The second kappa shape index (κ2) is 6.92. The summed E-state index contributed by atoms with van der Waals surface area (Å²) in [6, 6.07) is 1.25. The van der Waals surface area contributed by atoms with Gasteiger partial charge in [-0.05, 0) is 34.3 Å². The smallest absolute Gasteiger partial charge is 0.246 e. The molecule has 1 N–H and O–H groups in total. The Morgan fingerprint density at radius 2 is 2.14 bits per heavy atom. The van der Waals surface area contributed by atoms with Gasteiger partial charge in [-0.25, -0.2) is 0 Å². The van der Waals surface area contributed by atoms with Crippen molar-refractivity contribution in [1.82, 2.24) is 10.2 Å². The van der Waals surface area contributed by atoms with Crippen LogP contribution in [0.5, 0.6) is 0 Å². The number of thiophene rings is 1. The Hall–Kier alpha value is -0.880. The number of halogens is 1. The molecular weight excluding hydrogens is 352 g/mol. The molecule has 1 saturated heterocycles. The molecule has 2 amide bonds. The van der Waals surface area contributed by atoms with Gasteiger partial charge >= 0.3 is 0 Å². The molecule has 0 aromatic carbocycles. The first-order valence-corrected chi connectivity index (χ1v) is 8.98. The molecule has 2 rings (SSSR count). The third-order valence-corrected chi connectivity index (χ3v) is 5.76. The predicted octanol–water partition coefficient (Wildman–Crippen LogP) is 3.16. The van der Waals surface area contributed by atoms with Crippen LogP contribution >= 0.6 is 27.3 Å². The van der Waals surface area contributed by atoms with Crippen LogP contribution in [0.25, 0.3) is 0 Å². The van der Waals surface area contributed by atoms with Gasteiger partial charge in [0.15, 0.2) is 0 Å². The molecule has 3 atom stereocenters.